The standard InChI is InChI=1S/C31H39F2N3O5S/c1-4-22-7-5-8-23(15-22)20-34-21-30(37)29(18-24-16-26(32)19-27(33)17-24)35-31(38)25-9-11-28(12-10-25)36(42(3,39)40)13-6-14-41-2/h5,7-12,15-17,19,29-30,34,37H,4,6,13-14,18,20-21H2,1-3H3,(H,35,38)/t29-,30-/m0/s1. The second-order valence-corrected chi connectivity index (χ2v) is 12.1. The van der Waals surface area contributed by atoms with E-state index in [1.165, 1.54) is 41.2 Å². The van der Waals surface area contributed by atoms with Gasteiger partial charge in [0.1, 0.15) is 11.6 Å². The number of sulfonamides is 1. The molecule has 3 aromatic carbocycles. The van der Waals surface area contributed by atoms with Crippen LogP contribution in [0.15, 0.2) is 66.7 Å². The summed E-state index contributed by atoms with van der Waals surface area (Å²) in [6.45, 7) is 3.28. The zero-order chi connectivity index (χ0) is 30.7. The number of aliphatic hydroxyl groups excluding tert-OH is 1. The zero-order valence-corrected chi connectivity index (χ0v) is 25.0. The highest BCUT2D eigenvalue weighted by Crippen LogP contribution is 2.20. The van der Waals surface area contributed by atoms with Crippen molar-refractivity contribution in [1.82, 2.24) is 10.6 Å². The number of benzene rings is 3. The molecule has 0 unspecified atom stereocenters. The van der Waals surface area contributed by atoms with Crippen LogP contribution < -0.4 is 14.9 Å². The highest BCUT2D eigenvalue weighted by molar-refractivity contribution is 7.92. The summed E-state index contributed by atoms with van der Waals surface area (Å²) in [5.74, 6) is -2.03. The van der Waals surface area contributed by atoms with Gasteiger partial charge < -0.3 is 20.5 Å². The lowest BCUT2D eigenvalue weighted by Gasteiger charge is -2.25. The lowest BCUT2D eigenvalue weighted by Crippen LogP contribution is -2.48. The first-order valence-corrected chi connectivity index (χ1v) is 15.6. The number of nitrogens with one attached hydrogen (secondary N) is 2. The average Bonchev–Trinajstić information content (AvgIpc) is 2.94. The number of hydrogen-bond acceptors (Lipinski definition) is 6. The van der Waals surface area contributed by atoms with Crippen LogP contribution in [0.25, 0.3) is 0 Å². The molecule has 0 aliphatic heterocycles. The van der Waals surface area contributed by atoms with Crippen molar-refractivity contribution in [3.05, 3.63) is 101 Å². The van der Waals surface area contributed by atoms with Gasteiger partial charge in [0.15, 0.2) is 0 Å². The Hall–Kier alpha value is -3.38. The molecule has 0 saturated carbocycles. The Morgan fingerprint density at radius 3 is 2.29 bits per heavy atom. The maximum Gasteiger partial charge on any atom is 0.251 e. The number of rotatable bonds is 16. The van der Waals surface area contributed by atoms with Gasteiger partial charge in [-0.1, -0.05) is 31.2 Å². The van der Waals surface area contributed by atoms with Crippen LogP contribution in [0.3, 0.4) is 0 Å². The number of ether oxygens (including phenoxy) is 1. The molecule has 8 nitrogen and oxygen atoms in total. The molecule has 0 radical (unpaired) electrons. The summed E-state index contributed by atoms with van der Waals surface area (Å²) in [5, 5.41) is 17.0. The fourth-order valence-corrected chi connectivity index (χ4v) is 5.57. The molecule has 0 saturated heterocycles. The predicted octanol–water partition coefficient (Wildman–Crippen LogP) is 3.82. The number of anilines is 1. The summed E-state index contributed by atoms with van der Waals surface area (Å²) in [6.07, 6.45) is 1.39. The number of carbonyl (C=O) groups is 1. The molecule has 3 N–H and O–H groups in total. The minimum absolute atomic E-state index is 0.0198. The van der Waals surface area contributed by atoms with E-state index in [1.54, 1.807) is 0 Å². The smallest absolute Gasteiger partial charge is 0.251 e. The first kappa shape index (κ1) is 33.1. The number of aliphatic hydroxyl groups is 1. The third-order valence-electron chi connectivity index (χ3n) is 6.77. The Balaban J connectivity index is 1.74. The molecule has 0 fully saturated rings. The van der Waals surface area contributed by atoms with Crippen molar-refractivity contribution in [2.24, 2.45) is 0 Å². The third kappa shape index (κ3) is 10.2. The molecule has 42 heavy (non-hydrogen) atoms. The highest BCUT2D eigenvalue weighted by atomic mass is 32.2. The Kier molecular flexibility index (Phi) is 12.4. The monoisotopic (exact) mass is 603 g/mol. The predicted molar refractivity (Wildman–Crippen MR) is 160 cm³/mol. The number of hydrogen-bond donors (Lipinski definition) is 3. The largest absolute Gasteiger partial charge is 0.390 e. The van der Waals surface area contributed by atoms with Crippen molar-refractivity contribution in [2.45, 2.75) is 44.9 Å². The van der Waals surface area contributed by atoms with Crippen LogP contribution in [0.1, 0.15) is 40.4 Å². The summed E-state index contributed by atoms with van der Waals surface area (Å²) < 4.78 is 58.7. The molecule has 0 bridgehead atoms. The number of amides is 1. The van der Waals surface area contributed by atoms with Gasteiger partial charge in [-0.05, 0) is 72.4 Å². The molecule has 1 amide bonds. The van der Waals surface area contributed by atoms with Gasteiger partial charge in [0.05, 0.1) is 24.1 Å². The van der Waals surface area contributed by atoms with Crippen molar-refractivity contribution in [2.75, 3.05) is 37.4 Å². The Morgan fingerprint density at radius 2 is 1.67 bits per heavy atom. The fraction of sp³-hybridized carbons (Fsp3) is 0.387. The summed E-state index contributed by atoms with van der Waals surface area (Å²) in [5.41, 5.74) is 3.14. The Labute approximate surface area is 246 Å². The minimum Gasteiger partial charge on any atom is -0.390 e. The molecular formula is C31H39F2N3O5S. The second kappa shape index (κ2) is 15.7. The average molecular weight is 604 g/mol. The fourth-order valence-electron chi connectivity index (χ4n) is 4.60. The van der Waals surface area contributed by atoms with Crippen molar-refractivity contribution in [1.29, 1.82) is 0 Å². The Morgan fingerprint density at radius 1 is 1.00 bits per heavy atom. The van der Waals surface area contributed by atoms with Crippen LogP contribution in [0.5, 0.6) is 0 Å². The lowest BCUT2D eigenvalue weighted by molar-refractivity contribution is 0.0830. The first-order chi connectivity index (χ1) is 20.0. The van der Waals surface area contributed by atoms with E-state index in [2.05, 4.69) is 23.6 Å². The molecule has 3 rings (SSSR count). The highest BCUT2D eigenvalue weighted by Gasteiger charge is 2.24. The lowest BCUT2D eigenvalue weighted by atomic mass is 10.00. The van der Waals surface area contributed by atoms with Gasteiger partial charge in [-0.3, -0.25) is 9.10 Å². The molecule has 2 atom stereocenters. The van der Waals surface area contributed by atoms with Crippen LogP contribution in [0, 0.1) is 11.6 Å². The number of nitrogens with zero attached hydrogens (tertiary/aromatic N) is 1. The van der Waals surface area contributed by atoms with E-state index >= 15 is 0 Å². The van der Waals surface area contributed by atoms with E-state index in [9.17, 15) is 27.1 Å². The molecule has 0 spiro atoms. The van der Waals surface area contributed by atoms with E-state index in [1.807, 2.05) is 18.2 Å². The van der Waals surface area contributed by atoms with Gasteiger partial charge in [-0.25, -0.2) is 17.2 Å². The van der Waals surface area contributed by atoms with Gasteiger partial charge in [0.25, 0.3) is 5.91 Å². The van der Waals surface area contributed by atoms with Crippen LogP contribution in [0.2, 0.25) is 0 Å². The minimum atomic E-state index is -3.56. The summed E-state index contributed by atoms with van der Waals surface area (Å²) >= 11 is 0. The van der Waals surface area contributed by atoms with Gasteiger partial charge in [-0.2, -0.15) is 0 Å². The molecule has 0 aliphatic rings. The summed E-state index contributed by atoms with van der Waals surface area (Å²) in [4.78, 5) is 13.2. The van der Waals surface area contributed by atoms with Crippen LogP contribution in [-0.4, -0.2) is 64.6 Å². The van der Waals surface area contributed by atoms with Crippen LogP contribution in [-0.2, 0) is 34.1 Å². The molecule has 3 aromatic rings. The van der Waals surface area contributed by atoms with E-state index < -0.39 is 39.7 Å². The topological polar surface area (TPSA) is 108 Å². The molecule has 228 valence electrons. The number of aryl methyl sites for hydroxylation is 1. The van der Waals surface area contributed by atoms with E-state index in [-0.39, 0.29) is 30.6 Å². The number of carbonyl (C=O) groups excluding carboxylic acids is 1. The molecular weight excluding hydrogens is 564 g/mol. The maximum atomic E-state index is 13.9. The third-order valence-corrected chi connectivity index (χ3v) is 7.96. The van der Waals surface area contributed by atoms with Gasteiger partial charge in [-0.15, -0.1) is 0 Å². The zero-order valence-electron chi connectivity index (χ0n) is 24.1. The summed E-state index contributed by atoms with van der Waals surface area (Å²) in [6, 6.07) is 16.3. The second-order valence-electron chi connectivity index (χ2n) is 10.2. The van der Waals surface area contributed by atoms with Crippen molar-refractivity contribution in [3.63, 3.8) is 0 Å². The molecule has 11 heteroatoms. The quantitative estimate of drug-likeness (QED) is 0.215. The normalized spacial score (nSPS) is 13.0. The SMILES string of the molecule is CCc1cccc(CNC[C@H](O)[C@H](Cc2cc(F)cc(F)c2)NC(=O)c2ccc(N(CCCOC)S(C)(=O)=O)cc2)c1. The van der Waals surface area contributed by atoms with Gasteiger partial charge in [0, 0.05) is 45.0 Å². The van der Waals surface area contributed by atoms with Gasteiger partial charge >= 0.3 is 0 Å². The Bertz CT molecular complexity index is 1400. The van der Waals surface area contributed by atoms with Crippen molar-refractivity contribution < 1.29 is 31.8 Å². The first-order valence-electron chi connectivity index (χ1n) is 13.8. The number of halogens is 2. The van der Waals surface area contributed by atoms with Gasteiger partial charge in [0.2, 0.25) is 10.0 Å². The van der Waals surface area contributed by atoms with E-state index in [4.69, 9.17) is 4.74 Å². The van der Waals surface area contributed by atoms with Crippen molar-refractivity contribution >= 4 is 21.6 Å². The van der Waals surface area contributed by atoms with E-state index in [0.29, 0.717) is 25.3 Å². The summed E-state index contributed by atoms with van der Waals surface area (Å²) in [7, 11) is -2.02. The van der Waals surface area contributed by atoms with Crippen LogP contribution >= 0.6 is 0 Å². The maximum absolute atomic E-state index is 13.9. The molecule has 0 heterocycles. The molecule has 0 aliphatic carbocycles. The van der Waals surface area contributed by atoms with E-state index in [0.717, 1.165) is 36.4 Å². The number of methoxy groups -OCH3 is 1. The van der Waals surface area contributed by atoms with Crippen LogP contribution in [0.4, 0.5) is 14.5 Å². The molecule has 0 aromatic heterocycles. The van der Waals surface area contributed by atoms with Crippen molar-refractivity contribution in [3.8, 4) is 0 Å².